The lowest BCUT2D eigenvalue weighted by molar-refractivity contribution is 0.486. The lowest BCUT2D eigenvalue weighted by Crippen LogP contribution is -2.27. The minimum atomic E-state index is -3.58. The summed E-state index contributed by atoms with van der Waals surface area (Å²) in [5.74, 6) is 0. The van der Waals surface area contributed by atoms with Gasteiger partial charge in [-0.1, -0.05) is 18.5 Å². The second-order valence-electron chi connectivity index (χ2n) is 2.95. The van der Waals surface area contributed by atoms with E-state index in [2.05, 4.69) is 4.98 Å². The van der Waals surface area contributed by atoms with Gasteiger partial charge in [-0.25, -0.2) is 12.7 Å². The monoisotopic (exact) mass is 249 g/mol. The standard InChI is InChI=1S/C8H12ClN3O2S/c1-3-12(2)15(13,14)7-5-11-4-6(9)8(7)10/h4-5H,3H2,1-2H3,(H2,10,11). The number of hydrogen-bond donors (Lipinski definition) is 1. The molecule has 0 saturated heterocycles. The van der Waals surface area contributed by atoms with Crippen molar-refractivity contribution in [2.45, 2.75) is 11.8 Å². The van der Waals surface area contributed by atoms with Gasteiger partial charge in [-0.05, 0) is 0 Å². The van der Waals surface area contributed by atoms with Gasteiger partial charge < -0.3 is 5.73 Å². The Labute approximate surface area is 93.9 Å². The molecule has 0 aliphatic rings. The van der Waals surface area contributed by atoms with E-state index in [1.54, 1.807) is 6.92 Å². The van der Waals surface area contributed by atoms with Gasteiger partial charge in [-0.15, -0.1) is 0 Å². The first-order chi connectivity index (χ1) is 6.91. The number of rotatable bonds is 3. The van der Waals surface area contributed by atoms with Gasteiger partial charge in [0.1, 0.15) is 4.90 Å². The second-order valence-corrected chi connectivity index (χ2v) is 5.37. The van der Waals surface area contributed by atoms with Crippen LogP contribution in [0.15, 0.2) is 17.3 Å². The largest absolute Gasteiger partial charge is 0.396 e. The molecule has 84 valence electrons. The Morgan fingerprint density at radius 3 is 2.67 bits per heavy atom. The van der Waals surface area contributed by atoms with Crippen molar-refractivity contribution in [2.24, 2.45) is 0 Å². The molecule has 0 saturated carbocycles. The van der Waals surface area contributed by atoms with Gasteiger partial charge in [-0.3, -0.25) is 4.98 Å². The number of halogens is 1. The van der Waals surface area contributed by atoms with Crippen LogP contribution in [0.3, 0.4) is 0 Å². The normalized spacial score (nSPS) is 12.0. The summed E-state index contributed by atoms with van der Waals surface area (Å²) in [4.78, 5) is 3.65. The van der Waals surface area contributed by atoms with Crippen molar-refractivity contribution in [1.29, 1.82) is 0 Å². The third-order valence-corrected chi connectivity index (χ3v) is 4.30. The molecule has 0 atom stereocenters. The first-order valence-electron chi connectivity index (χ1n) is 4.26. The van der Waals surface area contributed by atoms with Gasteiger partial charge in [0.2, 0.25) is 10.0 Å². The molecule has 15 heavy (non-hydrogen) atoms. The van der Waals surface area contributed by atoms with E-state index in [1.165, 1.54) is 23.7 Å². The maximum Gasteiger partial charge on any atom is 0.246 e. The fraction of sp³-hybridized carbons (Fsp3) is 0.375. The third kappa shape index (κ3) is 2.22. The average Bonchev–Trinajstić information content (AvgIpc) is 2.20. The van der Waals surface area contributed by atoms with E-state index < -0.39 is 10.0 Å². The predicted octanol–water partition coefficient (Wildman–Crippen LogP) is 0.958. The fourth-order valence-corrected chi connectivity index (χ4v) is 2.44. The number of sulfonamides is 1. The summed E-state index contributed by atoms with van der Waals surface area (Å²) in [5.41, 5.74) is 5.62. The summed E-state index contributed by atoms with van der Waals surface area (Å²) in [6.07, 6.45) is 2.50. The molecule has 0 amide bonds. The number of nitrogen functional groups attached to an aromatic ring is 1. The Morgan fingerprint density at radius 2 is 2.13 bits per heavy atom. The van der Waals surface area contributed by atoms with Crippen LogP contribution in [0, 0.1) is 0 Å². The first-order valence-corrected chi connectivity index (χ1v) is 6.08. The van der Waals surface area contributed by atoms with Crippen LogP contribution < -0.4 is 5.73 Å². The molecule has 0 bridgehead atoms. The quantitative estimate of drug-likeness (QED) is 0.866. The maximum atomic E-state index is 11.9. The molecule has 0 aliphatic carbocycles. The second kappa shape index (κ2) is 4.34. The van der Waals surface area contributed by atoms with E-state index in [0.29, 0.717) is 6.54 Å². The lowest BCUT2D eigenvalue weighted by Gasteiger charge is -2.16. The average molecular weight is 250 g/mol. The number of nitrogens with zero attached hydrogens (tertiary/aromatic N) is 2. The van der Waals surface area contributed by atoms with Gasteiger partial charge in [0, 0.05) is 26.0 Å². The van der Waals surface area contributed by atoms with E-state index >= 15 is 0 Å². The Hall–Kier alpha value is -0.850. The zero-order valence-electron chi connectivity index (χ0n) is 8.44. The fourth-order valence-electron chi connectivity index (χ4n) is 0.971. The molecule has 0 fully saturated rings. The van der Waals surface area contributed by atoms with Crippen molar-refractivity contribution >= 4 is 27.3 Å². The maximum absolute atomic E-state index is 11.9. The van der Waals surface area contributed by atoms with Crippen LogP contribution in [0.1, 0.15) is 6.92 Å². The van der Waals surface area contributed by atoms with E-state index in [9.17, 15) is 8.42 Å². The molecule has 7 heteroatoms. The number of nitrogens with two attached hydrogens (primary N) is 1. The van der Waals surface area contributed by atoms with Crippen LogP contribution in [0.2, 0.25) is 5.02 Å². The molecular weight excluding hydrogens is 238 g/mol. The van der Waals surface area contributed by atoms with Gasteiger partial charge in [0.15, 0.2) is 0 Å². The highest BCUT2D eigenvalue weighted by Gasteiger charge is 2.23. The zero-order chi connectivity index (χ0) is 11.6. The highest BCUT2D eigenvalue weighted by molar-refractivity contribution is 7.89. The SMILES string of the molecule is CCN(C)S(=O)(=O)c1cncc(Cl)c1N. The predicted molar refractivity (Wildman–Crippen MR) is 59.1 cm³/mol. The Balaban J connectivity index is 3.34. The van der Waals surface area contributed by atoms with Crippen LogP contribution >= 0.6 is 11.6 Å². The summed E-state index contributed by atoms with van der Waals surface area (Å²) in [6.45, 7) is 2.08. The third-order valence-electron chi connectivity index (χ3n) is 2.04. The van der Waals surface area contributed by atoms with Crippen molar-refractivity contribution in [1.82, 2.24) is 9.29 Å². The minimum Gasteiger partial charge on any atom is -0.396 e. The molecular formula is C8H12ClN3O2S. The Bertz CT molecular complexity index is 461. The molecule has 2 N–H and O–H groups in total. The summed E-state index contributed by atoms with van der Waals surface area (Å²) in [5, 5.41) is 0.139. The molecule has 0 unspecified atom stereocenters. The highest BCUT2D eigenvalue weighted by atomic mass is 35.5. The zero-order valence-corrected chi connectivity index (χ0v) is 10.0. The number of hydrogen-bond acceptors (Lipinski definition) is 4. The Kier molecular flexibility index (Phi) is 3.54. The van der Waals surface area contributed by atoms with Crippen molar-refractivity contribution in [3.63, 3.8) is 0 Å². The van der Waals surface area contributed by atoms with Gasteiger partial charge in [0.25, 0.3) is 0 Å². The van der Waals surface area contributed by atoms with E-state index in [0.717, 1.165) is 0 Å². The topological polar surface area (TPSA) is 76.3 Å². The van der Waals surface area contributed by atoms with E-state index in [4.69, 9.17) is 17.3 Å². The number of aromatic nitrogens is 1. The molecule has 0 spiro atoms. The molecule has 0 aromatic carbocycles. The van der Waals surface area contributed by atoms with Crippen molar-refractivity contribution in [3.8, 4) is 0 Å². The van der Waals surface area contributed by atoms with E-state index in [1.807, 2.05) is 0 Å². The van der Waals surface area contributed by atoms with Gasteiger partial charge in [-0.2, -0.15) is 0 Å². The van der Waals surface area contributed by atoms with E-state index in [-0.39, 0.29) is 15.6 Å². The summed E-state index contributed by atoms with van der Waals surface area (Å²) in [6, 6.07) is 0. The van der Waals surface area contributed by atoms with Gasteiger partial charge in [0.05, 0.1) is 10.7 Å². The minimum absolute atomic E-state index is 0.0342. The highest BCUT2D eigenvalue weighted by Crippen LogP contribution is 2.26. The van der Waals surface area contributed by atoms with Crippen LogP contribution in [-0.2, 0) is 10.0 Å². The lowest BCUT2D eigenvalue weighted by atomic mass is 10.4. The number of pyridine rings is 1. The molecule has 1 heterocycles. The first kappa shape index (κ1) is 12.2. The molecule has 1 rings (SSSR count). The summed E-state index contributed by atoms with van der Waals surface area (Å²) in [7, 11) is -2.11. The van der Waals surface area contributed by atoms with Crippen LogP contribution in [0.5, 0.6) is 0 Å². The van der Waals surface area contributed by atoms with Crippen LogP contribution in [0.25, 0.3) is 0 Å². The molecule has 5 nitrogen and oxygen atoms in total. The molecule has 1 aromatic heterocycles. The molecule has 0 radical (unpaired) electrons. The Morgan fingerprint density at radius 1 is 1.53 bits per heavy atom. The van der Waals surface area contributed by atoms with Gasteiger partial charge >= 0.3 is 0 Å². The summed E-state index contributed by atoms with van der Waals surface area (Å²) < 4.78 is 24.9. The molecule has 1 aromatic rings. The number of anilines is 1. The van der Waals surface area contributed by atoms with Crippen LogP contribution in [0.4, 0.5) is 5.69 Å². The molecule has 0 aliphatic heterocycles. The van der Waals surface area contributed by atoms with Crippen molar-refractivity contribution < 1.29 is 8.42 Å². The smallest absolute Gasteiger partial charge is 0.246 e. The summed E-state index contributed by atoms with van der Waals surface area (Å²) >= 11 is 5.70. The van der Waals surface area contributed by atoms with Crippen molar-refractivity contribution in [2.75, 3.05) is 19.3 Å². The van der Waals surface area contributed by atoms with Crippen LogP contribution in [-0.4, -0.2) is 31.3 Å². The van der Waals surface area contributed by atoms with Crippen molar-refractivity contribution in [3.05, 3.63) is 17.4 Å².